The van der Waals surface area contributed by atoms with Crippen molar-refractivity contribution >= 4 is 11.5 Å². The Morgan fingerprint density at radius 2 is 2.00 bits per heavy atom. The SMILES string of the molecule is CO[S+](O)CCCCNC[C@@H](N)C(C)(C)C. The Balaban J connectivity index is 3.34. The van der Waals surface area contributed by atoms with Crippen LogP contribution in [0.3, 0.4) is 0 Å². The van der Waals surface area contributed by atoms with Crippen molar-refractivity contribution in [3.8, 4) is 0 Å². The van der Waals surface area contributed by atoms with Crippen LogP contribution in [-0.4, -0.2) is 36.5 Å². The first-order valence-electron chi connectivity index (χ1n) is 5.78. The third-order valence-corrected chi connectivity index (χ3v) is 3.61. The fourth-order valence-electron chi connectivity index (χ4n) is 1.12. The van der Waals surface area contributed by atoms with Crippen LogP contribution in [0, 0.1) is 5.41 Å². The van der Waals surface area contributed by atoms with Gasteiger partial charge in [-0.1, -0.05) is 20.8 Å². The molecule has 0 amide bonds. The molecule has 0 aromatic carbocycles. The topological polar surface area (TPSA) is 67.5 Å². The van der Waals surface area contributed by atoms with E-state index in [-0.39, 0.29) is 11.5 Å². The number of nitrogens with one attached hydrogen (secondary N) is 1. The van der Waals surface area contributed by atoms with Gasteiger partial charge in [-0.25, -0.2) is 0 Å². The first kappa shape index (κ1) is 16.2. The summed E-state index contributed by atoms with van der Waals surface area (Å²) in [5.41, 5.74) is 6.17. The lowest BCUT2D eigenvalue weighted by Gasteiger charge is -2.27. The van der Waals surface area contributed by atoms with E-state index in [1.54, 1.807) is 0 Å². The van der Waals surface area contributed by atoms with Gasteiger partial charge in [-0.2, -0.15) is 4.55 Å². The smallest absolute Gasteiger partial charge is 0.311 e. The molecule has 0 aliphatic rings. The molecule has 0 heterocycles. The van der Waals surface area contributed by atoms with Gasteiger partial charge in [-0.05, 0) is 24.8 Å². The summed E-state index contributed by atoms with van der Waals surface area (Å²) < 4.78 is 14.0. The molecule has 0 saturated heterocycles. The molecule has 0 aromatic heterocycles. The molecule has 0 rings (SSSR count). The van der Waals surface area contributed by atoms with Crippen LogP contribution < -0.4 is 11.1 Å². The van der Waals surface area contributed by atoms with Crippen molar-refractivity contribution in [2.75, 3.05) is 26.0 Å². The molecule has 0 saturated carbocycles. The number of nitrogens with two attached hydrogens (primary N) is 1. The van der Waals surface area contributed by atoms with Gasteiger partial charge in [0, 0.05) is 12.6 Å². The molecule has 98 valence electrons. The summed E-state index contributed by atoms with van der Waals surface area (Å²) in [5, 5.41) is 3.34. The molecule has 0 aliphatic heterocycles. The normalized spacial score (nSPS) is 16.1. The number of rotatable bonds is 8. The van der Waals surface area contributed by atoms with Crippen molar-refractivity contribution in [3.63, 3.8) is 0 Å². The summed E-state index contributed by atoms with van der Waals surface area (Å²) >= 11 is -0.858. The molecule has 0 aliphatic carbocycles. The highest BCUT2D eigenvalue weighted by Crippen LogP contribution is 2.16. The Kier molecular flexibility index (Phi) is 8.40. The Labute approximate surface area is 103 Å². The summed E-state index contributed by atoms with van der Waals surface area (Å²) in [6.07, 6.45) is 2.02. The first-order chi connectivity index (χ1) is 7.38. The highest BCUT2D eigenvalue weighted by molar-refractivity contribution is 7.86. The lowest BCUT2D eigenvalue weighted by Crippen LogP contribution is -2.43. The van der Waals surface area contributed by atoms with E-state index in [4.69, 9.17) is 9.92 Å². The minimum atomic E-state index is -0.858. The van der Waals surface area contributed by atoms with E-state index in [9.17, 15) is 4.55 Å². The van der Waals surface area contributed by atoms with E-state index < -0.39 is 11.5 Å². The summed E-state index contributed by atoms with van der Waals surface area (Å²) in [4.78, 5) is 0. The zero-order chi connectivity index (χ0) is 12.6. The molecule has 16 heavy (non-hydrogen) atoms. The largest absolute Gasteiger partial charge is 0.326 e. The van der Waals surface area contributed by atoms with E-state index in [2.05, 4.69) is 26.1 Å². The van der Waals surface area contributed by atoms with Gasteiger partial charge in [0.25, 0.3) is 0 Å². The Morgan fingerprint density at radius 3 is 2.50 bits per heavy atom. The zero-order valence-electron chi connectivity index (χ0n) is 11.0. The number of hydrogen-bond donors (Lipinski definition) is 3. The molecule has 0 bridgehead atoms. The average Bonchev–Trinajstić information content (AvgIpc) is 2.20. The monoisotopic (exact) mass is 251 g/mol. The molecule has 0 radical (unpaired) electrons. The molecule has 0 fully saturated rings. The molecule has 4 nitrogen and oxygen atoms in total. The summed E-state index contributed by atoms with van der Waals surface area (Å²) in [6.45, 7) is 8.24. The van der Waals surface area contributed by atoms with E-state index in [0.717, 1.165) is 31.7 Å². The Hall–Kier alpha value is 0.190. The molecular formula is C11H27N2O2S+. The average molecular weight is 251 g/mol. The fourth-order valence-corrected chi connectivity index (χ4v) is 1.74. The Bertz CT molecular complexity index is 174. The molecule has 5 heteroatoms. The zero-order valence-corrected chi connectivity index (χ0v) is 11.8. The minimum absolute atomic E-state index is 0.153. The van der Waals surface area contributed by atoms with Crippen molar-refractivity contribution in [1.82, 2.24) is 5.32 Å². The molecule has 4 N–H and O–H groups in total. The maximum Gasteiger partial charge on any atom is 0.311 e. The van der Waals surface area contributed by atoms with Gasteiger partial charge < -0.3 is 11.1 Å². The van der Waals surface area contributed by atoms with Crippen molar-refractivity contribution < 1.29 is 8.74 Å². The maximum absolute atomic E-state index is 9.17. The Morgan fingerprint density at radius 1 is 1.38 bits per heavy atom. The number of hydrogen-bond acceptors (Lipinski definition) is 4. The van der Waals surface area contributed by atoms with Crippen molar-refractivity contribution in [1.29, 1.82) is 0 Å². The maximum atomic E-state index is 9.17. The second kappa shape index (κ2) is 8.31. The second-order valence-corrected chi connectivity index (χ2v) is 6.46. The molecule has 0 spiro atoms. The minimum Gasteiger partial charge on any atom is -0.326 e. The number of unbranched alkanes of at least 4 members (excludes halogenated alkanes) is 1. The van der Waals surface area contributed by atoms with Crippen LogP contribution in [0.5, 0.6) is 0 Å². The van der Waals surface area contributed by atoms with Gasteiger partial charge >= 0.3 is 11.5 Å². The van der Waals surface area contributed by atoms with Crippen LogP contribution in [0.15, 0.2) is 0 Å². The van der Waals surface area contributed by atoms with E-state index in [1.807, 2.05) is 0 Å². The van der Waals surface area contributed by atoms with Gasteiger partial charge in [0.05, 0.1) is 7.11 Å². The predicted octanol–water partition coefficient (Wildman–Crippen LogP) is 1.38. The first-order valence-corrected chi connectivity index (χ1v) is 7.06. The lowest BCUT2D eigenvalue weighted by molar-refractivity contribution is 0.309. The van der Waals surface area contributed by atoms with Gasteiger partial charge in [0.15, 0.2) is 5.75 Å². The van der Waals surface area contributed by atoms with Crippen molar-refractivity contribution in [2.24, 2.45) is 11.1 Å². The third kappa shape index (κ3) is 8.35. The van der Waals surface area contributed by atoms with Crippen molar-refractivity contribution in [3.05, 3.63) is 0 Å². The van der Waals surface area contributed by atoms with Crippen LogP contribution in [0.2, 0.25) is 0 Å². The second-order valence-electron chi connectivity index (χ2n) is 5.08. The molecule has 2 atom stereocenters. The summed E-state index contributed by atoms with van der Waals surface area (Å²) in [7, 11) is 1.53. The van der Waals surface area contributed by atoms with Gasteiger partial charge in [-0.3, -0.25) is 0 Å². The van der Waals surface area contributed by atoms with E-state index >= 15 is 0 Å². The fraction of sp³-hybridized carbons (Fsp3) is 1.00. The van der Waals surface area contributed by atoms with Crippen LogP contribution in [-0.2, 0) is 15.6 Å². The molecule has 0 aromatic rings. The van der Waals surface area contributed by atoms with E-state index in [0.29, 0.717) is 0 Å². The van der Waals surface area contributed by atoms with Crippen LogP contribution in [0.4, 0.5) is 0 Å². The highest BCUT2D eigenvalue weighted by atomic mass is 32.2. The van der Waals surface area contributed by atoms with Crippen LogP contribution in [0.25, 0.3) is 0 Å². The highest BCUT2D eigenvalue weighted by Gasteiger charge is 2.19. The summed E-state index contributed by atoms with van der Waals surface area (Å²) in [5.74, 6) is 0.726. The van der Waals surface area contributed by atoms with Gasteiger partial charge in [0.1, 0.15) is 0 Å². The summed E-state index contributed by atoms with van der Waals surface area (Å²) in [6, 6.07) is 0.180. The van der Waals surface area contributed by atoms with Gasteiger partial charge in [-0.15, -0.1) is 4.18 Å². The molecule has 1 unspecified atom stereocenters. The lowest BCUT2D eigenvalue weighted by atomic mass is 9.87. The standard InChI is InChI=1S/C11H27N2O2S/c1-11(2,3)10(12)9-13-7-5-6-8-16(14)15-4/h10,13-14H,5-9,12H2,1-4H3/q+1/t10-,16?/m1/s1. The van der Waals surface area contributed by atoms with Gasteiger partial charge in [0.2, 0.25) is 0 Å². The van der Waals surface area contributed by atoms with E-state index in [1.165, 1.54) is 7.11 Å². The quantitative estimate of drug-likeness (QED) is 0.450. The predicted molar refractivity (Wildman–Crippen MR) is 71.4 cm³/mol. The van der Waals surface area contributed by atoms with Crippen LogP contribution >= 0.6 is 0 Å². The van der Waals surface area contributed by atoms with Crippen molar-refractivity contribution in [2.45, 2.75) is 39.7 Å². The third-order valence-electron chi connectivity index (χ3n) is 2.59. The van der Waals surface area contributed by atoms with Crippen LogP contribution in [0.1, 0.15) is 33.6 Å². The molecular weight excluding hydrogens is 224 g/mol.